The Morgan fingerprint density at radius 1 is 1.21 bits per heavy atom. The second-order valence-corrected chi connectivity index (χ2v) is 9.41. The van der Waals surface area contributed by atoms with Crippen molar-refractivity contribution in [2.24, 2.45) is 0 Å². The first-order valence-electron chi connectivity index (χ1n) is 8.85. The molecule has 0 aliphatic carbocycles. The molecule has 0 radical (unpaired) electrons. The summed E-state index contributed by atoms with van der Waals surface area (Å²) in [5.74, 6) is -0.00413. The van der Waals surface area contributed by atoms with Crippen LogP contribution in [0.5, 0.6) is 5.75 Å². The number of esters is 1. The summed E-state index contributed by atoms with van der Waals surface area (Å²) in [6.45, 7) is 6.28. The van der Waals surface area contributed by atoms with E-state index in [0.29, 0.717) is 57.1 Å². The van der Waals surface area contributed by atoms with Crippen LogP contribution < -0.4 is 4.74 Å². The van der Waals surface area contributed by atoms with Crippen LogP contribution >= 0.6 is 34.5 Å². The number of hydrogen-bond donors (Lipinski definition) is 0. The van der Waals surface area contributed by atoms with Crippen LogP contribution in [-0.4, -0.2) is 43.3 Å². The third kappa shape index (κ3) is 7.19. The zero-order valence-corrected chi connectivity index (χ0v) is 19.0. The van der Waals surface area contributed by atoms with Crippen molar-refractivity contribution >= 4 is 46.9 Å². The van der Waals surface area contributed by atoms with Gasteiger partial charge in [-0.1, -0.05) is 23.2 Å². The predicted octanol–water partition coefficient (Wildman–Crippen LogP) is 5.47. The Hall–Kier alpha value is -1.80. The molecule has 0 unspecified atom stereocenters. The zero-order chi connectivity index (χ0) is 21.6. The molecule has 1 aromatic heterocycles. The second-order valence-electron chi connectivity index (χ2n) is 7.13. The van der Waals surface area contributed by atoms with Crippen molar-refractivity contribution in [1.29, 1.82) is 0 Å². The number of hydroxylamine groups is 2. The minimum Gasteiger partial charge on any atom is -0.493 e. The van der Waals surface area contributed by atoms with Crippen LogP contribution in [0.1, 0.15) is 37.6 Å². The lowest BCUT2D eigenvalue weighted by Gasteiger charge is -2.26. The van der Waals surface area contributed by atoms with Gasteiger partial charge in [-0.15, -0.1) is 11.3 Å². The molecular weight excluding hydrogens is 437 g/mol. The van der Waals surface area contributed by atoms with Crippen LogP contribution in [0.2, 0.25) is 8.67 Å². The standard InChI is InChI=1S/C20H23Cl2NO5S/c1-20(2,3)28-23(12-24)6-5-7-27-15-9-13(8-14(10-15)19(25)26-4)16-11-17(21)29-18(16)22/h8-12H,5-7H2,1-4H3. The highest BCUT2D eigenvalue weighted by Gasteiger charge is 2.17. The summed E-state index contributed by atoms with van der Waals surface area (Å²) >= 11 is 13.5. The van der Waals surface area contributed by atoms with E-state index in [-0.39, 0.29) is 0 Å². The number of amides is 1. The van der Waals surface area contributed by atoms with Gasteiger partial charge in [-0.3, -0.25) is 9.63 Å². The van der Waals surface area contributed by atoms with Gasteiger partial charge in [0.15, 0.2) is 0 Å². The average molecular weight is 460 g/mol. The van der Waals surface area contributed by atoms with E-state index in [1.165, 1.54) is 23.5 Å². The summed E-state index contributed by atoms with van der Waals surface area (Å²) in [6, 6.07) is 6.79. The van der Waals surface area contributed by atoms with Gasteiger partial charge in [0.05, 0.1) is 35.8 Å². The molecule has 6 nitrogen and oxygen atoms in total. The van der Waals surface area contributed by atoms with Gasteiger partial charge in [0, 0.05) is 12.0 Å². The highest BCUT2D eigenvalue weighted by molar-refractivity contribution is 7.20. The van der Waals surface area contributed by atoms with Gasteiger partial charge in [-0.2, -0.15) is 0 Å². The molecule has 1 amide bonds. The van der Waals surface area contributed by atoms with E-state index >= 15 is 0 Å². The molecule has 0 saturated heterocycles. The maximum atomic E-state index is 12.0. The summed E-state index contributed by atoms with van der Waals surface area (Å²) in [4.78, 5) is 28.7. The molecule has 0 fully saturated rings. The summed E-state index contributed by atoms with van der Waals surface area (Å²) < 4.78 is 11.7. The Balaban J connectivity index is 2.11. The van der Waals surface area contributed by atoms with Crippen molar-refractivity contribution in [3.8, 4) is 16.9 Å². The summed E-state index contributed by atoms with van der Waals surface area (Å²) in [6.07, 6.45) is 1.18. The van der Waals surface area contributed by atoms with E-state index < -0.39 is 11.6 Å². The summed E-state index contributed by atoms with van der Waals surface area (Å²) in [7, 11) is 1.31. The first kappa shape index (κ1) is 23.5. The Morgan fingerprint density at radius 2 is 1.93 bits per heavy atom. The number of rotatable bonds is 9. The number of benzene rings is 1. The van der Waals surface area contributed by atoms with Gasteiger partial charge in [-0.05, 0) is 50.6 Å². The molecule has 0 atom stereocenters. The Bertz CT molecular complexity index is 863. The molecule has 0 bridgehead atoms. The largest absolute Gasteiger partial charge is 0.493 e. The van der Waals surface area contributed by atoms with Crippen LogP contribution in [-0.2, 0) is 14.4 Å². The molecule has 1 heterocycles. The minimum atomic E-state index is -0.486. The number of nitrogens with zero attached hydrogens (tertiary/aromatic N) is 1. The van der Waals surface area contributed by atoms with E-state index in [2.05, 4.69) is 0 Å². The molecule has 1 aromatic carbocycles. The van der Waals surface area contributed by atoms with Crippen molar-refractivity contribution in [2.45, 2.75) is 32.8 Å². The van der Waals surface area contributed by atoms with Gasteiger partial charge in [0.25, 0.3) is 0 Å². The van der Waals surface area contributed by atoms with Crippen LogP contribution in [0.15, 0.2) is 24.3 Å². The first-order chi connectivity index (χ1) is 13.6. The van der Waals surface area contributed by atoms with E-state index in [1.807, 2.05) is 20.8 Å². The number of carbonyl (C=O) groups excluding carboxylic acids is 2. The van der Waals surface area contributed by atoms with Crippen LogP contribution in [0.25, 0.3) is 11.1 Å². The monoisotopic (exact) mass is 459 g/mol. The Kier molecular flexibility index (Phi) is 8.34. The van der Waals surface area contributed by atoms with Crippen molar-refractivity contribution in [3.05, 3.63) is 38.5 Å². The third-order valence-electron chi connectivity index (χ3n) is 3.60. The maximum Gasteiger partial charge on any atom is 0.338 e. The molecule has 0 saturated carbocycles. The zero-order valence-electron chi connectivity index (χ0n) is 16.7. The van der Waals surface area contributed by atoms with Crippen molar-refractivity contribution in [2.75, 3.05) is 20.3 Å². The molecule has 0 aliphatic rings. The van der Waals surface area contributed by atoms with Crippen LogP contribution in [0.4, 0.5) is 0 Å². The molecule has 2 aromatic rings. The predicted molar refractivity (Wildman–Crippen MR) is 115 cm³/mol. The van der Waals surface area contributed by atoms with Crippen molar-refractivity contribution < 1.29 is 23.9 Å². The van der Waals surface area contributed by atoms with E-state index in [4.69, 9.17) is 37.5 Å². The Morgan fingerprint density at radius 3 is 2.48 bits per heavy atom. The summed E-state index contributed by atoms with van der Waals surface area (Å²) in [5, 5.41) is 1.24. The number of carbonyl (C=O) groups is 2. The molecule has 0 spiro atoms. The highest BCUT2D eigenvalue weighted by Crippen LogP contribution is 2.39. The molecule has 29 heavy (non-hydrogen) atoms. The van der Waals surface area contributed by atoms with Crippen LogP contribution in [0.3, 0.4) is 0 Å². The molecule has 158 valence electrons. The van der Waals surface area contributed by atoms with Gasteiger partial charge in [0.2, 0.25) is 6.41 Å². The average Bonchev–Trinajstić information content (AvgIpc) is 3.00. The quantitative estimate of drug-likeness (QED) is 0.215. The number of methoxy groups -OCH3 is 1. The van der Waals surface area contributed by atoms with Crippen LogP contribution in [0, 0.1) is 0 Å². The lowest BCUT2D eigenvalue weighted by atomic mass is 10.1. The number of ether oxygens (including phenoxy) is 2. The summed E-state index contributed by atoms with van der Waals surface area (Å²) in [5.41, 5.74) is 1.28. The fourth-order valence-electron chi connectivity index (χ4n) is 2.49. The molecule has 9 heteroatoms. The van der Waals surface area contributed by atoms with Gasteiger partial charge >= 0.3 is 5.97 Å². The molecule has 0 aliphatic heterocycles. The molecular formula is C20H23Cl2NO5S. The fraction of sp³-hybridized carbons (Fsp3) is 0.400. The SMILES string of the molecule is COC(=O)c1cc(OCCCN(C=O)OC(C)(C)C)cc(-c2cc(Cl)sc2Cl)c1. The van der Waals surface area contributed by atoms with Crippen molar-refractivity contribution in [3.63, 3.8) is 0 Å². The Labute approximate surface area is 184 Å². The lowest BCUT2D eigenvalue weighted by Crippen LogP contribution is -2.34. The van der Waals surface area contributed by atoms with Gasteiger partial charge < -0.3 is 9.47 Å². The topological polar surface area (TPSA) is 65.1 Å². The van der Waals surface area contributed by atoms with E-state index in [9.17, 15) is 9.59 Å². The molecule has 2 rings (SSSR count). The fourth-order valence-corrected chi connectivity index (χ4v) is 4.00. The van der Waals surface area contributed by atoms with E-state index in [1.54, 1.807) is 24.3 Å². The molecule has 0 N–H and O–H groups in total. The number of halogens is 2. The highest BCUT2D eigenvalue weighted by atomic mass is 35.5. The first-order valence-corrected chi connectivity index (χ1v) is 10.4. The lowest BCUT2D eigenvalue weighted by molar-refractivity contribution is -0.216. The second kappa shape index (κ2) is 10.3. The number of thiophene rings is 1. The minimum absolute atomic E-state index is 0.319. The smallest absolute Gasteiger partial charge is 0.338 e. The van der Waals surface area contributed by atoms with Gasteiger partial charge in [0.1, 0.15) is 10.1 Å². The third-order valence-corrected chi connectivity index (χ3v) is 5.08. The maximum absolute atomic E-state index is 12.0. The number of hydrogen-bond acceptors (Lipinski definition) is 6. The van der Waals surface area contributed by atoms with E-state index in [0.717, 1.165) is 0 Å². The van der Waals surface area contributed by atoms with Gasteiger partial charge in [-0.25, -0.2) is 9.86 Å². The van der Waals surface area contributed by atoms with Crippen molar-refractivity contribution in [1.82, 2.24) is 5.06 Å². The normalized spacial score (nSPS) is 11.2.